The maximum absolute atomic E-state index is 10.3. The van der Waals surface area contributed by atoms with Crippen LogP contribution in [-0.2, 0) is 9.47 Å². The molecule has 0 aromatic heterocycles. The molecule has 2 saturated heterocycles. The molecule has 0 aliphatic carbocycles. The molecule has 0 aromatic rings. The summed E-state index contributed by atoms with van der Waals surface area (Å²) in [7, 11) is 0. The van der Waals surface area contributed by atoms with Crippen molar-refractivity contribution in [2.24, 2.45) is 0 Å². The molecule has 2 fully saturated rings. The van der Waals surface area contributed by atoms with Crippen molar-refractivity contribution in [1.82, 2.24) is 14.7 Å². The minimum atomic E-state index is -0.646. The summed E-state index contributed by atoms with van der Waals surface area (Å²) in [5.41, 5.74) is 0. The fourth-order valence-electron chi connectivity index (χ4n) is 4.86. The van der Waals surface area contributed by atoms with E-state index < -0.39 is 12.6 Å². The summed E-state index contributed by atoms with van der Waals surface area (Å²) in [5.74, 6) is 0. The molecule has 3 atom stereocenters. The third kappa shape index (κ3) is 13.4. The van der Waals surface area contributed by atoms with Crippen LogP contribution >= 0.6 is 0 Å². The summed E-state index contributed by atoms with van der Waals surface area (Å²) in [6.07, 6.45) is 10.7. The number of hydrogen-bond acceptors (Lipinski definition) is 7. The van der Waals surface area contributed by atoms with Crippen LogP contribution in [0.15, 0.2) is 0 Å². The zero-order valence-electron chi connectivity index (χ0n) is 21.6. The molecule has 7 heteroatoms. The Bertz CT molecular complexity index is 463. The molecule has 0 radical (unpaired) electrons. The largest absolute Gasteiger partial charge is 0.368 e. The molecule has 33 heavy (non-hydrogen) atoms. The van der Waals surface area contributed by atoms with Crippen molar-refractivity contribution in [3.63, 3.8) is 0 Å². The number of hydrogen-bond donors (Lipinski definition) is 2. The predicted octanol–water partition coefficient (Wildman–Crippen LogP) is 3.29. The van der Waals surface area contributed by atoms with Gasteiger partial charge in [0.1, 0.15) is 0 Å². The highest BCUT2D eigenvalue weighted by atomic mass is 16.6. The van der Waals surface area contributed by atoms with E-state index in [-0.39, 0.29) is 6.10 Å². The van der Waals surface area contributed by atoms with Crippen LogP contribution in [0, 0.1) is 0 Å². The summed E-state index contributed by atoms with van der Waals surface area (Å²) in [4.78, 5) is 7.36. The molecule has 2 N–H and O–H groups in total. The van der Waals surface area contributed by atoms with E-state index in [1.54, 1.807) is 0 Å². The van der Waals surface area contributed by atoms with Gasteiger partial charge in [-0.25, -0.2) is 0 Å². The van der Waals surface area contributed by atoms with Crippen LogP contribution in [-0.4, -0.2) is 109 Å². The van der Waals surface area contributed by atoms with Crippen LogP contribution in [0.5, 0.6) is 0 Å². The predicted molar refractivity (Wildman–Crippen MR) is 134 cm³/mol. The lowest BCUT2D eigenvalue weighted by Crippen LogP contribution is -2.46. The molecule has 2 aliphatic heterocycles. The van der Waals surface area contributed by atoms with Crippen molar-refractivity contribution >= 4 is 0 Å². The number of rotatable bonds is 19. The quantitative estimate of drug-likeness (QED) is 0.221. The lowest BCUT2D eigenvalue weighted by molar-refractivity contribution is -0.137. The average Bonchev–Trinajstić information content (AvgIpc) is 3.27. The minimum absolute atomic E-state index is 0.157. The zero-order valence-corrected chi connectivity index (χ0v) is 21.6. The number of piperazine rings is 1. The molecule has 0 spiro atoms. The summed E-state index contributed by atoms with van der Waals surface area (Å²) < 4.78 is 11.5. The van der Waals surface area contributed by atoms with Gasteiger partial charge in [0.15, 0.2) is 12.6 Å². The van der Waals surface area contributed by atoms with Crippen molar-refractivity contribution in [2.45, 2.75) is 103 Å². The molecule has 0 aromatic carbocycles. The highest BCUT2D eigenvalue weighted by molar-refractivity contribution is 4.77. The Morgan fingerprint density at radius 3 is 2.21 bits per heavy atom. The van der Waals surface area contributed by atoms with Gasteiger partial charge in [-0.15, -0.1) is 0 Å². The van der Waals surface area contributed by atoms with Gasteiger partial charge in [-0.2, -0.15) is 0 Å². The Balaban J connectivity index is 1.41. The van der Waals surface area contributed by atoms with E-state index in [2.05, 4.69) is 28.5 Å². The lowest BCUT2D eigenvalue weighted by Gasteiger charge is -2.34. The minimum Gasteiger partial charge on any atom is -0.368 e. The molecule has 196 valence electrons. The van der Waals surface area contributed by atoms with E-state index in [4.69, 9.17) is 9.47 Å². The number of unbranched alkanes of at least 4 members (excludes halogenated alkanes) is 6. The van der Waals surface area contributed by atoms with Gasteiger partial charge in [-0.3, -0.25) is 0 Å². The second kappa shape index (κ2) is 18.1. The van der Waals surface area contributed by atoms with Gasteiger partial charge in [0.2, 0.25) is 0 Å². The molecule has 2 heterocycles. The Morgan fingerprint density at radius 1 is 0.727 bits per heavy atom. The number of nitrogens with zero attached hydrogens (tertiary/aromatic N) is 3. The van der Waals surface area contributed by atoms with Crippen molar-refractivity contribution in [3.05, 3.63) is 0 Å². The van der Waals surface area contributed by atoms with Crippen molar-refractivity contribution in [1.29, 1.82) is 0 Å². The number of likely N-dealkylation sites (N-methyl/N-ethyl adjacent to an activating group) is 1. The first kappa shape index (κ1) is 29.0. The van der Waals surface area contributed by atoms with Gasteiger partial charge in [0, 0.05) is 58.8 Å². The first-order chi connectivity index (χ1) is 16.1. The molecule has 0 amide bonds. The fourth-order valence-corrected chi connectivity index (χ4v) is 4.86. The lowest BCUT2D eigenvalue weighted by atomic mass is 10.1. The van der Waals surface area contributed by atoms with Gasteiger partial charge >= 0.3 is 0 Å². The molecule has 7 nitrogen and oxygen atoms in total. The third-order valence-corrected chi connectivity index (χ3v) is 7.17. The van der Waals surface area contributed by atoms with Gasteiger partial charge < -0.3 is 34.4 Å². The Morgan fingerprint density at radius 2 is 1.45 bits per heavy atom. The van der Waals surface area contributed by atoms with Crippen LogP contribution in [0.3, 0.4) is 0 Å². The van der Waals surface area contributed by atoms with E-state index in [1.165, 1.54) is 25.7 Å². The monoisotopic (exact) mass is 471 g/mol. The first-order valence-electron chi connectivity index (χ1n) is 13.9. The maximum atomic E-state index is 10.3. The Kier molecular flexibility index (Phi) is 15.8. The molecule has 0 saturated carbocycles. The maximum Gasteiger partial charge on any atom is 0.156 e. The summed E-state index contributed by atoms with van der Waals surface area (Å²) >= 11 is 0. The van der Waals surface area contributed by atoms with Crippen LogP contribution in [0.4, 0.5) is 0 Å². The van der Waals surface area contributed by atoms with Crippen molar-refractivity contribution < 1.29 is 19.7 Å². The topological polar surface area (TPSA) is 68.6 Å². The van der Waals surface area contributed by atoms with E-state index in [0.717, 1.165) is 97.4 Å². The third-order valence-electron chi connectivity index (χ3n) is 7.17. The fraction of sp³-hybridized carbons (Fsp3) is 1.00. The number of aliphatic hydroxyl groups is 2. The van der Waals surface area contributed by atoms with Crippen LogP contribution in [0.1, 0.15) is 84.5 Å². The summed E-state index contributed by atoms with van der Waals surface area (Å²) in [5, 5.41) is 20.3. The highest BCUT2D eigenvalue weighted by Gasteiger charge is 2.25. The average molecular weight is 472 g/mol. The SMILES string of the molecule is CCCCCCCOC(O)CCCCCN1CCC(OC(O)CCN2CCN(CC)CC2)C1. The van der Waals surface area contributed by atoms with E-state index in [1.807, 2.05) is 0 Å². The second-order valence-corrected chi connectivity index (χ2v) is 9.96. The molecule has 2 aliphatic rings. The first-order valence-corrected chi connectivity index (χ1v) is 13.9. The van der Waals surface area contributed by atoms with E-state index in [9.17, 15) is 10.2 Å². The molecular formula is C26H53N3O4. The van der Waals surface area contributed by atoms with E-state index >= 15 is 0 Å². The van der Waals surface area contributed by atoms with Crippen molar-refractivity contribution in [2.75, 3.05) is 65.5 Å². The standard InChI is InChI=1S/C26H53N3O4/c1-3-5-6-7-11-22-32-25(30)12-9-8-10-15-29-16-13-24(23-29)33-26(31)14-17-28-20-18-27(4-2)19-21-28/h24-26,30-31H,3-23H2,1-2H3. The second-order valence-electron chi connectivity index (χ2n) is 9.96. The highest BCUT2D eigenvalue weighted by Crippen LogP contribution is 2.17. The van der Waals surface area contributed by atoms with Crippen LogP contribution in [0.2, 0.25) is 0 Å². The van der Waals surface area contributed by atoms with Gasteiger partial charge in [-0.1, -0.05) is 46.0 Å². The normalized spacial score (nSPS) is 22.7. The summed E-state index contributed by atoms with van der Waals surface area (Å²) in [6.45, 7) is 14.7. The van der Waals surface area contributed by atoms with Gasteiger partial charge in [0.05, 0.1) is 6.10 Å². The molecule has 2 rings (SSSR count). The Labute approximate surface area is 203 Å². The number of aliphatic hydroxyl groups excluding tert-OH is 2. The van der Waals surface area contributed by atoms with E-state index in [0.29, 0.717) is 13.0 Å². The Hall–Kier alpha value is -0.280. The molecule has 3 unspecified atom stereocenters. The zero-order chi connectivity index (χ0) is 23.7. The van der Waals surface area contributed by atoms with Gasteiger partial charge in [-0.05, 0) is 45.2 Å². The number of likely N-dealkylation sites (tertiary alicyclic amines) is 1. The number of ether oxygens (including phenoxy) is 2. The van der Waals surface area contributed by atoms with Gasteiger partial charge in [0.25, 0.3) is 0 Å². The van der Waals surface area contributed by atoms with Crippen LogP contribution in [0.25, 0.3) is 0 Å². The van der Waals surface area contributed by atoms with Crippen LogP contribution < -0.4 is 0 Å². The van der Waals surface area contributed by atoms with Crippen molar-refractivity contribution in [3.8, 4) is 0 Å². The summed E-state index contributed by atoms with van der Waals surface area (Å²) in [6, 6.07) is 0. The molecule has 0 bridgehead atoms. The smallest absolute Gasteiger partial charge is 0.156 e. The molecular weight excluding hydrogens is 418 g/mol.